The topological polar surface area (TPSA) is 55.9 Å². The number of thiazole rings is 1. The fraction of sp³-hybridized carbons (Fsp3) is 0.409. The van der Waals surface area contributed by atoms with Gasteiger partial charge in [-0.25, -0.2) is 4.98 Å². The molecule has 4 rings (SSSR count). The molecular weight excluding hydrogens is 386 g/mol. The van der Waals surface area contributed by atoms with Crippen LogP contribution in [-0.4, -0.2) is 57.4 Å². The van der Waals surface area contributed by atoms with Crippen LogP contribution in [0.5, 0.6) is 17.2 Å². The van der Waals surface area contributed by atoms with Gasteiger partial charge in [-0.1, -0.05) is 12.1 Å². The van der Waals surface area contributed by atoms with E-state index in [0.717, 1.165) is 54.4 Å². The van der Waals surface area contributed by atoms with Gasteiger partial charge in [-0.2, -0.15) is 0 Å². The molecule has 2 heterocycles. The van der Waals surface area contributed by atoms with Crippen molar-refractivity contribution in [2.45, 2.75) is 12.5 Å². The summed E-state index contributed by atoms with van der Waals surface area (Å²) in [4.78, 5) is 7.49. The van der Waals surface area contributed by atoms with E-state index in [1.165, 1.54) is 4.70 Å². The van der Waals surface area contributed by atoms with Crippen LogP contribution in [0.1, 0.15) is 23.0 Å². The number of para-hydroxylation sites is 1. The van der Waals surface area contributed by atoms with Crippen LogP contribution in [0.25, 0.3) is 10.2 Å². The lowest BCUT2D eigenvalue weighted by Gasteiger charge is -2.30. The van der Waals surface area contributed by atoms with Crippen molar-refractivity contribution in [2.24, 2.45) is 0 Å². The van der Waals surface area contributed by atoms with Gasteiger partial charge in [-0.05, 0) is 31.2 Å². The van der Waals surface area contributed by atoms with E-state index in [1.807, 2.05) is 18.2 Å². The molecule has 0 saturated carbocycles. The van der Waals surface area contributed by atoms with Crippen LogP contribution in [0, 0.1) is 0 Å². The molecule has 1 aromatic heterocycles. The minimum Gasteiger partial charge on any atom is -0.496 e. The normalized spacial score (nSPS) is 16.4. The first-order valence-electron chi connectivity index (χ1n) is 9.85. The van der Waals surface area contributed by atoms with Gasteiger partial charge >= 0.3 is 0 Å². The number of methoxy groups -OCH3 is 3. The minimum atomic E-state index is -0.0120. The van der Waals surface area contributed by atoms with Gasteiger partial charge < -0.3 is 19.5 Å². The number of benzene rings is 2. The molecule has 2 aromatic carbocycles. The molecule has 1 aliphatic rings. The second kappa shape index (κ2) is 8.98. The molecule has 1 N–H and O–H groups in total. The Morgan fingerprint density at radius 1 is 0.966 bits per heavy atom. The third kappa shape index (κ3) is 4.03. The number of hydrogen-bond acceptors (Lipinski definition) is 7. The van der Waals surface area contributed by atoms with Crippen LogP contribution in [0.3, 0.4) is 0 Å². The summed E-state index contributed by atoms with van der Waals surface area (Å²) >= 11 is 1.74. The van der Waals surface area contributed by atoms with Crippen LogP contribution in [-0.2, 0) is 0 Å². The van der Waals surface area contributed by atoms with E-state index < -0.39 is 0 Å². The Bertz CT molecular complexity index is 934. The average molecular weight is 414 g/mol. The molecule has 154 valence electrons. The fourth-order valence-electron chi connectivity index (χ4n) is 3.88. The summed E-state index contributed by atoms with van der Waals surface area (Å²) in [6, 6.07) is 12.2. The Balaban J connectivity index is 1.87. The number of rotatable bonds is 6. The van der Waals surface area contributed by atoms with Gasteiger partial charge in [0.2, 0.25) is 0 Å². The van der Waals surface area contributed by atoms with E-state index in [0.29, 0.717) is 11.5 Å². The maximum absolute atomic E-state index is 5.78. The van der Waals surface area contributed by atoms with Gasteiger partial charge in [0.25, 0.3) is 0 Å². The summed E-state index contributed by atoms with van der Waals surface area (Å²) in [7, 11) is 5.00. The molecule has 0 aliphatic carbocycles. The summed E-state index contributed by atoms with van der Waals surface area (Å²) < 4.78 is 18.1. The van der Waals surface area contributed by atoms with Gasteiger partial charge in [-0.15, -0.1) is 11.3 Å². The monoisotopic (exact) mass is 413 g/mol. The van der Waals surface area contributed by atoms with E-state index in [1.54, 1.807) is 32.7 Å². The summed E-state index contributed by atoms with van der Waals surface area (Å²) in [5, 5.41) is 4.56. The molecule has 1 aliphatic heterocycles. The molecule has 1 atom stereocenters. The van der Waals surface area contributed by atoms with Crippen molar-refractivity contribution in [2.75, 3.05) is 47.5 Å². The van der Waals surface area contributed by atoms with Crippen molar-refractivity contribution >= 4 is 21.6 Å². The molecule has 6 nitrogen and oxygen atoms in total. The lowest BCUT2D eigenvalue weighted by molar-refractivity contribution is 0.235. The highest BCUT2D eigenvalue weighted by molar-refractivity contribution is 7.18. The van der Waals surface area contributed by atoms with E-state index in [9.17, 15) is 0 Å². The number of nitrogens with zero attached hydrogens (tertiary/aromatic N) is 2. The van der Waals surface area contributed by atoms with Crippen LogP contribution in [0.15, 0.2) is 36.4 Å². The smallest absolute Gasteiger partial charge is 0.164 e. The third-order valence-electron chi connectivity index (χ3n) is 5.31. The predicted molar refractivity (Wildman–Crippen MR) is 117 cm³/mol. The molecule has 29 heavy (non-hydrogen) atoms. The summed E-state index contributed by atoms with van der Waals surface area (Å²) in [6.07, 6.45) is 1.09. The molecule has 0 radical (unpaired) electrons. The third-order valence-corrected chi connectivity index (χ3v) is 6.40. The highest BCUT2D eigenvalue weighted by Crippen LogP contribution is 2.43. The molecule has 3 aromatic rings. The minimum absolute atomic E-state index is 0.0120. The maximum atomic E-state index is 5.78. The zero-order valence-electron chi connectivity index (χ0n) is 17.1. The van der Waals surface area contributed by atoms with Gasteiger partial charge in [-0.3, -0.25) is 4.90 Å². The van der Waals surface area contributed by atoms with Gasteiger partial charge in [0.05, 0.1) is 37.6 Å². The molecule has 0 bridgehead atoms. The Kier molecular flexibility index (Phi) is 6.18. The largest absolute Gasteiger partial charge is 0.496 e. The van der Waals surface area contributed by atoms with Crippen molar-refractivity contribution in [3.05, 3.63) is 47.0 Å². The van der Waals surface area contributed by atoms with E-state index in [4.69, 9.17) is 19.2 Å². The van der Waals surface area contributed by atoms with Crippen LogP contribution >= 0.6 is 11.3 Å². The zero-order chi connectivity index (χ0) is 20.2. The van der Waals surface area contributed by atoms with Crippen LogP contribution < -0.4 is 19.5 Å². The van der Waals surface area contributed by atoms with Crippen LogP contribution in [0.4, 0.5) is 0 Å². The maximum Gasteiger partial charge on any atom is 0.164 e. The first-order valence-corrected chi connectivity index (χ1v) is 10.7. The molecule has 7 heteroatoms. The van der Waals surface area contributed by atoms with E-state index in [-0.39, 0.29) is 6.04 Å². The average Bonchev–Trinajstić information content (AvgIpc) is 3.00. The van der Waals surface area contributed by atoms with E-state index in [2.05, 4.69) is 28.4 Å². The quantitative estimate of drug-likeness (QED) is 0.665. The standard InChI is InChI=1S/C22H27N3O3S/c1-26-17-14-19(28-3)18(27-2)13-15(17)21(25-11-6-9-23-10-12-25)22-24-16-7-4-5-8-20(16)29-22/h4-5,7-8,13-14,21,23H,6,9-12H2,1-3H3. The van der Waals surface area contributed by atoms with Crippen LogP contribution in [0.2, 0.25) is 0 Å². The predicted octanol–water partition coefficient (Wildman–Crippen LogP) is 3.71. The SMILES string of the molecule is COc1cc(OC)c(C(c2nc3ccccc3s2)N2CCCNCC2)cc1OC. The van der Waals surface area contributed by atoms with Gasteiger partial charge in [0.15, 0.2) is 11.5 Å². The van der Waals surface area contributed by atoms with Crippen molar-refractivity contribution < 1.29 is 14.2 Å². The molecular formula is C22H27N3O3S. The summed E-state index contributed by atoms with van der Waals surface area (Å²) in [5.74, 6) is 2.14. The first-order chi connectivity index (χ1) is 14.2. The Morgan fingerprint density at radius 3 is 2.48 bits per heavy atom. The molecule has 0 amide bonds. The Hall–Kier alpha value is -2.35. The number of fused-ring (bicyclic) bond motifs is 1. The van der Waals surface area contributed by atoms with Crippen molar-refractivity contribution in [3.8, 4) is 17.2 Å². The van der Waals surface area contributed by atoms with Crippen molar-refractivity contribution in [1.82, 2.24) is 15.2 Å². The second-order valence-corrected chi connectivity index (χ2v) is 8.07. The van der Waals surface area contributed by atoms with Gasteiger partial charge in [0.1, 0.15) is 10.8 Å². The fourth-order valence-corrected chi connectivity index (χ4v) is 5.01. The van der Waals surface area contributed by atoms with Gasteiger partial charge in [0, 0.05) is 31.3 Å². The Labute approximate surface area is 175 Å². The Morgan fingerprint density at radius 2 is 1.72 bits per heavy atom. The molecule has 1 unspecified atom stereocenters. The van der Waals surface area contributed by atoms with Crippen molar-refractivity contribution in [1.29, 1.82) is 0 Å². The second-order valence-electron chi connectivity index (χ2n) is 7.01. The summed E-state index contributed by atoms with van der Waals surface area (Å²) in [5.41, 5.74) is 2.08. The highest BCUT2D eigenvalue weighted by atomic mass is 32.1. The molecule has 1 saturated heterocycles. The number of ether oxygens (including phenoxy) is 3. The van der Waals surface area contributed by atoms with E-state index >= 15 is 0 Å². The lowest BCUT2D eigenvalue weighted by atomic mass is 10.0. The number of hydrogen-bond donors (Lipinski definition) is 1. The number of nitrogens with one attached hydrogen (secondary N) is 1. The lowest BCUT2D eigenvalue weighted by Crippen LogP contribution is -2.33. The first kappa shape index (κ1) is 19.9. The molecule has 0 spiro atoms. The summed E-state index contributed by atoms with van der Waals surface area (Å²) in [6.45, 7) is 3.92. The molecule has 1 fully saturated rings. The van der Waals surface area contributed by atoms with Crippen molar-refractivity contribution in [3.63, 3.8) is 0 Å². The zero-order valence-corrected chi connectivity index (χ0v) is 17.9. The number of aromatic nitrogens is 1. The highest BCUT2D eigenvalue weighted by Gasteiger charge is 2.30.